The number of nitrogens with zero attached hydrogens (tertiary/aromatic N) is 3. The quantitative estimate of drug-likeness (QED) is 0.890. The topological polar surface area (TPSA) is 71.8 Å². The number of aryl methyl sites for hydroxylation is 1. The highest BCUT2D eigenvalue weighted by molar-refractivity contribution is 6.02. The van der Waals surface area contributed by atoms with Crippen molar-refractivity contribution in [3.8, 4) is 0 Å². The van der Waals surface area contributed by atoms with Gasteiger partial charge in [-0.25, -0.2) is 4.68 Å². The summed E-state index contributed by atoms with van der Waals surface area (Å²) in [5.41, 5.74) is -0.530. The summed E-state index contributed by atoms with van der Waals surface area (Å²) in [4.78, 5) is 12.2. The minimum Gasteiger partial charge on any atom is -0.321 e. The first-order chi connectivity index (χ1) is 11.8. The van der Waals surface area contributed by atoms with E-state index in [-0.39, 0.29) is 23.0 Å². The number of piperidine rings is 1. The van der Waals surface area contributed by atoms with Crippen molar-refractivity contribution in [2.75, 3.05) is 18.4 Å². The van der Waals surface area contributed by atoms with Gasteiger partial charge in [-0.3, -0.25) is 4.79 Å². The Morgan fingerprint density at radius 3 is 2.72 bits per heavy atom. The second kappa shape index (κ2) is 6.83. The largest absolute Gasteiger partial charge is 0.416 e. The molecule has 0 aliphatic carbocycles. The average Bonchev–Trinajstić information content (AvgIpc) is 3.06. The van der Waals surface area contributed by atoms with Gasteiger partial charge >= 0.3 is 6.18 Å². The molecule has 3 rings (SSSR count). The molecule has 0 bridgehead atoms. The van der Waals surface area contributed by atoms with Gasteiger partial charge in [0.2, 0.25) is 0 Å². The Balaban J connectivity index is 1.73. The molecule has 0 saturated carbocycles. The van der Waals surface area contributed by atoms with E-state index in [2.05, 4.69) is 20.9 Å². The van der Waals surface area contributed by atoms with Crippen molar-refractivity contribution in [1.29, 1.82) is 0 Å². The second-order valence-corrected chi connectivity index (χ2v) is 6.05. The van der Waals surface area contributed by atoms with Crippen molar-refractivity contribution in [1.82, 2.24) is 20.3 Å². The number of alkyl halides is 3. The van der Waals surface area contributed by atoms with Crippen LogP contribution >= 0.6 is 0 Å². The van der Waals surface area contributed by atoms with Gasteiger partial charge in [-0.05, 0) is 50.6 Å². The summed E-state index contributed by atoms with van der Waals surface area (Å²) in [7, 11) is 0. The maximum absolute atomic E-state index is 13.0. The maximum Gasteiger partial charge on any atom is 0.416 e. The average molecular weight is 353 g/mol. The van der Waals surface area contributed by atoms with Gasteiger partial charge < -0.3 is 10.6 Å². The SMILES string of the molecule is Cc1ccc(NC(=O)c2cn(C3CCNCC3)nn2)cc1C(F)(F)F. The molecule has 0 atom stereocenters. The van der Waals surface area contributed by atoms with E-state index in [9.17, 15) is 18.0 Å². The molecule has 1 amide bonds. The lowest BCUT2D eigenvalue weighted by Gasteiger charge is -2.22. The van der Waals surface area contributed by atoms with E-state index in [4.69, 9.17) is 0 Å². The van der Waals surface area contributed by atoms with Crippen molar-refractivity contribution in [3.05, 3.63) is 41.2 Å². The van der Waals surface area contributed by atoms with Gasteiger partial charge in [0.25, 0.3) is 5.91 Å². The van der Waals surface area contributed by atoms with Crippen molar-refractivity contribution in [2.45, 2.75) is 32.0 Å². The summed E-state index contributed by atoms with van der Waals surface area (Å²) < 4.78 is 40.5. The maximum atomic E-state index is 13.0. The third kappa shape index (κ3) is 3.98. The summed E-state index contributed by atoms with van der Waals surface area (Å²) in [5, 5.41) is 13.5. The Labute approximate surface area is 142 Å². The zero-order valence-corrected chi connectivity index (χ0v) is 13.6. The van der Waals surface area contributed by atoms with Gasteiger partial charge in [0, 0.05) is 5.69 Å². The number of nitrogens with one attached hydrogen (secondary N) is 2. The lowest BCUT2D eigenvalue weighted by molar-refractivity contribution is -0.138. The Morgan fingerprint density at radius 2 is 2.04 bits per heavy atom. The highest BCUT2D eigenvalue weighted by atomic mass is 19.4. The third-order valence-corrected chi connectivity index (χ3v) is 4.23. The molecule has 2 aromatic rings. The lowest BCUT2D eigenvalue weighted by atomic mass is 10.1. The van der Waals surface area contributed by atoms with Crippen LogP contribution in [0.5, 0.6) is 0 Å². The molecule has 1 aliphatic heterocycles. The summed E-state index contributed by atoms with van der Waals surface area (Å²) in [5.74, 6) is -0.586. The van der Waals surface area contributed by atoms with Crippen LogP contribution in [0, 0.1) is 6.92 Å². The van der Waals surface area contributed by atoms with E-state index < -0.39 is 17.6 Å². The third-order valence-electron chi connectivity index (χ3n) is 4.23. The van der Waals surface area contributed by atoms with Crippen LogP contribution in [0.25, 0.3) is 0 Å². The zero-order chi connectivity index (χ0) is 18.0. The molecule has 9 heteroatoms. The predicted molar refractivity (Wildman–Crippen MR) is 85.3 cm³/mol. The Hall–Kier alpha value is -2.42. The van der Waals surface area contributed by atoms with Crippen LogP contribution in [0.2, 0.25) is 0 Å². The zero-order valence-electron chi connectivity index (χ0n) is 13.6. The van der Waals surface area contributed by atoms with Crippen LogP contribution in [0.1, 0.15) is 40.5 Å². The number of carbonyl (C=O) groups excluding carboxylic acids is 1. The standard InChI is InChI=1S/C16H18F3N5O/c1-10-2-3-11(8-13(10)16(17,18)19)21-15(25)14-9-24(23-22-14)12-4-6-20-7-5-12/h2-3,8-9,12,20H,4-7H2,1H3,(H,21,25). The van der Waals surface area contributed by atoms with Gasteiger partial charge in [-0.1, -0.05) is 11.3 Å². The van der Waals surface area contributed by atoms with Crippen LogP contribution in [-0.2, 0) is 6.18 Å². The molecule has 2 heterocycles. The Bertz CT molecular complexity index is 765. The minimum absolute atomic E-state index is 0.0688. The molecule has 1 aromatic heterocycles. The van der Waals surface area contributed by atoms with Crippen LogP contribution in [0.15, 0.2) is 24.4 Å². The first-order valence-electron chi connectivity index (χ1n) is 7.96. The Kier molecular flexibility index (Phi) is 4.76. The summed E-state index contributed by atoms with van der Waals surface area (Å²) >= 11 is 0. The molecule has 1 fully saturated rings. The summed E-state index contributed by atoms with van der Waals surface area (Å²) in [6.07, 6.45) is -1.16. The first kappa shape index (κ1) is 17.4. The number of amides is 1. The highest BCUT2D eigenvalue weighted by Crippen LogP contribution is 2.33. The molecule has 0 radical (unpaired) electrons. The van der Waals surface area contributed by atoms with E-state index in [0.717, 1.165) is 32.0 Å². The monoisotopic (exact) mass is 353 g/mol. The van der Waals surface area contributed by atoms with Crippen LogP contribution < -0.4 is 10.6 Å². The van der Waals surface area contributed by atoms with Gasteiger partial charge in [0.1, 0.15) is 0 Å². The number of aromatic nitrogens is 3. The van der Waals surface area contributed by atoms with Crippen molar-refractivity contribution < 1.29 is 18.0 Å². The molecule has 0 unspecified atom stereocenters. The fourth-order valence-electron chi connectivity index (χ4n) is 2.83. The fourth-order valence-corrected chi connectivity index (χ4v) is 2.83. The minimum atomic E-state index is -4.47. The molecule has 25 heavy (non-hydrogen) atoms. The van der Waals surface area contributed by atoms with Crippen molar-refractivity contribution >= 4 is 11.6 Å². The number of carbonyl (C=O) groups is 1. The Morgan fingerprint density at radius 1 is 1.32 bits per heavy atom. The van der Waals surface area contributed by atoms with Gasteiger partial charge in [-0.2, -0.15) is 13.2 Å². The number of hydrogen-bond acceptors (Lipinski definition) is 4. The molecular weight excluding hydrogens is 335 g/mol. The number of anilines is 1. The number of halogens is 3. The van der Waals surface area contributed by atoms with E-state index >= 15 is 0 Å². The van der Waals surface area contributed by atoms with Gasteiger partial charge in [0.05, 0.1) is 17.8 Å². The van der Waals surface area contributed by atoms with Gasteiger partial charge in [-0.15, -0.1) is 5.10 Å². The molecule has 1 aliphatic rings. The molecule has 6 nitrogen and oxygen atoms in total. The normalized spacial score (nSPS) is 16.0. The highest BCUT2D eigenvalue weighted by Gasteiger charge is 2.32. The van der Waals surface area contributed by atoms with E-state index in [0.29, 0.717) is 0 Å². The van der Waals surface area contributed by atoms with Gasteiger partial charge in [0.15, 0.2) is 5.69 Å². The number of rotatable bonds is 3. The van der Waals surface area contributed by atoms with E-state index in [1.54, 1.807) is 4.68 Å². The molecule has 134 valence electrons. The second-order valence-electron chi connectivity index (χ2n) is 6.05. The number of hydrogen-bond donors (Lipinski definition) is 2. The van der Waals surface area contributed by atoms with Crippen molar-refractivity contribution in [3.63, 3.8) is 0 Å². The van der Waals surface area contributed by atoms with Crippen LogP contribution in [0.4, 0.5) is 18.9 Å². The summed E-state index contributed by atoms with van der Waals surface area (Å²) in [6.45, 7) is 3.12. The smallest absolute Gasteiger partial charge is 0.321 e. The van der Waals surface area contributed by atoms with E-state index in [1.165, 1.54) is 25.3 Å². The predicted octanol–water partition coefficient (Wildman–Crippen LogP) is 2.78. The van der Waals surface area contributed by atoms with Crippen LogP contribution in [0.3, 0.4) is 0 Å². The number of benzene rings is 1. The molecule has 2 N–H and O–H groups in total. The van der Waals surface area contributed by atoms with E-state index in [1.807, 2.05) is 0 Å². The van der Waals surface area contributed by atoms with Crippen LogP contribution in [-0.4, -0.2) is 34.0 Å². The molecule has 0 spiro atoms. The fraction of sp³-hybridized carbons (Fsp3) is 0.438. The lowest BCUT2D eigenvalue weighted by Crippen LogP contribution is -2.29. The summed E-state index contributed by atoms with van der Waals surface area (Å²) in [6, 6.07) is 3.85. The van der Waals surface area contributed by atoms with Crippen molar-refractivity contribution in [2.24, 2.45) is 0 Å². The molecular formula is C16H18F3N5O. The molecule has 1 aromatic carbocycles. The first-order valence-corrected chi connectivity index (χ1v) is 7.96. The molecule has 1 saturated heterocycles.